The smallest absolute Gasteiger partial charge is 0.490 e. The molecule has 39 heavy (non-hydrogen) atoms. The molecule has 11 heteroatoms. The lowest BCUT2D eigenvalue weighted by Crippen LogP contribution is -2.54. The highest BCUT2D eigenvalue weighted by Gasteiger charge is 2.49. The van der Waals surface area contributed by atoms with E-state index in [0.717, 1.165) is 50.5 Å². The molecule has 0 amide bonds. The summed E-state index contributed by atoms with van der Waals surface area (Å²) in [5.41, 5.74) is 3.78. The van der Waals surface area contributed by atoms with Crippen molar-refractivity contribution in [3.63, 3.8) is 0 Å². The Kier molecular flexibility index (Phi) is 8.73. The van der Waals surface area contributed by atoms with Gasteiger partial charge in [-0.25, -0.2) is 4.79 Å². The van der Waals surface area contributed by atoms with Crippen LogP contribution in [0.25, 0.3) is 10.9 Å². The third kappa shape index (κ3) is 6.48. The van der Waals surface area contributed by atoms with Crippen molar-refractivity contribution in [2.24, 2.45) is 0 Å². The summed E-state index contributed by atoms with van der Waals surface area (Å²) in [6.45, 7) is 7.06. The maximum Gasteiger partial charge on any atom is 0.490 e. The van der Waals surface area contributed by atoms with Crippen molar-refractivity contribution in [3.8, 4) is 11.5 Å². The molecule has 3 N–H and O–H groups in total. The molecule has 0 aliphatic carbocycles. The monoisotopic (exact) mass is 549 g/mol. The van der Waals surface area contributed by atoms with Crippen LogP contribution in [-0.4, -0.2) is 89.7 Å². The van der Waals surface area contributed by atoms with E-state index in [9.17, 15) is 18.3 Å². The number of halogens is 3. The van der Waals surface area contributed by atoms with Crippen molar-refractivity contribution >= 4 is 16.9 Å². The Balaban J connectivity index is 0.000000448. The van der Waals surface area contributed by atoms with Gasteiger partial charge in [0.2, 0.25) is 0 Å². The van der Waals surface area contributed by atoms with Gasteiger partial charge in [0.1, 0.15) is 18.1 Å². The molecule has 5 rings (SSSR count). The Labute approximate surface area is 224 Å². The number of hydrogen-bond acceptors (Lipinski definition) is 6. The number of alkyl halides is 3. The third-order valence-corrected chi connectivity index (χ3v) is 7.29. The largest absolute Gasteiger partial charge is 0.497 e. The number of carboxylic acids is 1. The second kappa shape index (κ2) is 11.8. The Morgan fingerprint density at radius 2 is 1.87 bits per heavy atom. The lowest BCUT2D eigenvalue weighted by atomic mass is 9.83. The lowest BCUT2D eigenvalue weighted by molar-refractivity contribution is -0.192. The number of rotatable bonds is 7. The number of likely N-dealkylation sites (tertiary alicyclic amines) is 1. The number of carboxylic acid groups (broad SMARTS) is 1. The Morgan fingerprint density at radius 3 is 2.51 bits per heavy atom. The van der Waals surface area contributed by atoms with E-state index in [4.69, 9.17) is 19.4 Å². The SMILES string of the molecule is COc1ccc2[nH]c3c(c2c1)CCN(CC(C)O)C31CCN(CCOc2ccccc2)C1.O=C(O)C(F)(F)F. The zero-order valence-corrected chi connectivity index (χ0v) is 22.0. The lowest BCUT2D eigenvalue weighted by Gasteiger charge is -2.45. The minimum absolute atomic E-state index is 0.108. The molecule has 0 bridgehead atoms. The molecule has 1 aromatic heterocycles. The predicted octanol–water partition coefficient (Wildman–Crippen LogP) is 4.03. The molecule has 2 aliphatic rings. The molecule has 0 saturated carbocycles. The number of H-pyrrole nitrogens is 1. The van der Waals surface area contributed by atoms with Gasteiger partial charge in [0.25, 0.3) is 0 Å². The van der Waals surface area contributed by atoms with Crippen molar-refractivity contribution in [2.45, 2.75) is 37.6 Å². The number of β-amino-alcohol motifs (C(OH)–C–C–N with tert-alkyl or cyclic N) is 1. The van der Waals surface area contributed by atoms with Crippen LogP contribution < -0.4 is 9.47 Å². The molecule has 3 aromatic rings. The van der Waals surface area contributed by atoms with Crippen molar-refractivity contribution < 1.29 is 37.7 Å². The molecule has 212 valence electrons. The number of carbonyl (C=O) groups is 1. The summed E-state index contributed by atoms with van der Waals surface area (Å²) < 4.78 is 43.2. The first kappa shape index (κ1) is 28.7. The van der Waals surface area contributed by atoms with E-state index in [1.807, 2.05) is 43.3 Å². The van der Waals surface area contributed by atoms with E-state index in [2.05, 4.69) is 26.9 Å². The summed E-state index contributed by atoms with van der Waals surface area (Å²) in [5, 5.41) is 18.6. The quantitative estimate of drug-likeness (QED) is 0.410. The van der Waals surface area contributed by atoms with Crippen LogP contribution in [0.5, 0.6) is 11.5 Å². The molecule has 2 atom stereocenters. The fraction of sp³-hybridized carbons (Fsp3) is 0.464. The number of aliphatic carboxylic acids is 1. The summed E-state index contributed by atoms with van der Waals surface area (Å²) in [4.78, 5) is 17.7. The van der Waals surface area contributed by atoms with Crippen molar-refractivity contribution in [2.75, 3.05) is 46.4 Å². The number of hydrogen-bond donors (Lipinski definition) is 3. The van der Waals surface area contributed by atoms with Crippen LogP contribution in [0.1, 0.15) is 24.6 Å². The van der Waals surface area contributed by atoms with Crippen LogP contribution in [0.4, 0.5) is 13.2 Å². The number of aliphatic hydroxyl groups is 1. The predicted molar refractivity (Wildman–Crippen MR) is 140 cm³/mol. The van der Waals surface area contributed by atoms with Crippen LogP contribution in [0.15, 0.2) is 48.5 Å². The topological polar surface area (TPSA) is 98.3 Å². The second-order valence-corrected chi connectivity index (χ2v) is 9.96. The first-order valence-corrected chi connectivity index (χ1v) is 12.9. The number of aromatic amines is 1. The van der Waals surface area contributed by atoms with E-state index >= 15 is 0 Å². The molecule has 1 saturated heterocycles. The first-order valence-electron chi connectivity index (χ1n) is 12.9. The number of ether oxygens (including phenoxy) is 2. The van der Waals surface area contributed by atoms with Gasteiger partial charge in [-0.05, 0) is 55.7 Å². The van der Waals surface area contributed by atoms with Crippen LogP contribution in [-0.2, 0) is 16.8 Å². The van der Waals surface area contributed by atoms with Gasteiger partial charge in [0, 0.05) is 49.3 Å². The van der Waals surface area contributed by atoms with Crippen LogP contribution >= 0.6 is 0 Å². The number of benzene rings is 2. The molecule has 2 aliphatic heterocycles. The second-order valence-electron chi connectivity index (χ2n) is 9.96. The number of aromatic nitrogens is 1. The molecule has 3 heterocycles. The minimum atomic E-state index is -5.08. The zero-order chi connectivity index (χ0) is 28.2. The molecule has 2 unspecified atom stereocenters. The van der Waals surface area contributed by atoms with E-state index < -0.39 is 12.1 Å². The number of fused-ring (bicyclic) bond motifs is 4. The van der Waals surface area contributed by atoms with E-state index in [-0.39, 0.29) is 11.6 Å². The number of aliphatic hydroxyl groups excluding tert-OH is 1. The van der Waals surface area contributed by atoms with Gasteiger partial charge in [-0.3, -0.25) is 9.80 Å². The summed E-state index contributed by atoms with van der Waals surface area (Å²) >= 11 is 0. The van der Waals surface area contributed by atoms with Crippen molar-refractivity contribution in [3.05, 3.63) is 59.8 Å². The Morgan fingerprint density at radius 1 is 1.15 bits per heavy atom. The standard InChI is InChI=1S/C26H33N3O3.C2HF3O2/c1-19(30)17-29-12-10-22-23-16-21(31-2)8-9-24(23)27-25(22)26(29)11-13-28(18-26)14-15-32-20-6-4-3-5-7-20;3-2(4,5)1(6)7/h3-9,16,19,27,30H,10-15,17-18H2,1-2H3;(H,6,7). The first-order chi connectivity index (χ1) is 18.5. The highest BCUT2D eigenvalue weighted by atomic mass is 19.4. The van der Waals surface area contributed by atoms with E-state index in [1.54, 1.807) is 7.11 Å². The van der Waals surface area contributed by atoms with Gasteiger partial charge in [-0.2, -0.15) is 13.2 Å². The molecular weight excluding hydrogens is 515 g/mol. The van der Waals surface area contributed by atoms with E-state index in [1.165, 1.54) is 22.2 Å². The van der Waals surface area contributed by atoms with E-state index in [0.29, 0.717) is 13.2 Å². The molecule has 0 radical (unpaired) electrons. The average Bonchev–Trinajstić information content (AvgIpc) is 3.48. The Bertz CT molecular complexity index is 1260. The van der Waals surface area contributed by atoms with Crippen LogP contribution in [0.3, 0.4) is 0 Å². The van der Waals surface area contributed by atoms with Gasteiger partial charge in [0.15, 0.2) is 0 Å². The third-order valence-electron chi connectivity index (χ3n) is 7.29. The Hall–Kier alpha value is -3.28. The molecular formula is C28H34F3N3O5. The summed E-state index contributed by atoms with van der Waals surface area (Å²) in [5.74, 6) is -0.944. The fourth-order valence-electron chi connectivity index (χ4n) is 5.55. The minimum Gasteiger partial charge on any atom is -0.497 e. The van der Waals surface area contributed by atoms with Gasteiger partial charge in [0.05, 0.1) is 18.8 Å². The van der Waals surface area contributed by atoms with Gasteiger partial charge in [-0.15, -0.1) is 0 Å². The fourth-order valence-corrected chi connectivity index (χ4v) is 5.55. The van der Waals surface area contributed by atoms with Crippen molar-refractivity contribution in [1.29, 1.82) is 0 Å². The molecule has 2 aromatic carbocycles. The van der Waals surface area contributed by atoms with Gasteiger partial charge in [-0.1, -0.05) is 18.2 Å². The van der Waals surface area contributed by atoms with Crippen molar-refractivity contribution in [1.82, 2.24) is 14.8 Å². The highest BCUT2D eigenvalue weighted by molar-refractivity contribution is 5.87. The summed E-state index contributed by atoms with van der Waals surface area (Å²) in [7, 11) is 1.72. The van der Waals surface area contributed by atoms with Gasteiger partial charge >= 0.3 is 12.1 Å². The molecule has 1 fully saturated rings. The zero-order valence-electron chi connectivity index (χ0n) is 22.0. The van der Waals surface area contributed by atoms with Crippen LogP contribution in [0.2, 0.25) is 0 Å². The number of nitrogens with one attached hydrogen (secondary N) is 1. The molecule has 8 nitrogen and oxygen atoms in total. The summed E-state index contributed by atoms with van der Waals surface area (Å²) in [6, 6.07) is 16.3. The normalized spacial score (nSPS) is 20.4. The number of nitrogens with zero attached hydrogens (tertiary/aromatic N) is 2. The number of methoxy groups -OCH3 is 1. The summed E-state index contributed by atoms with van der Waals surface area (Å²) in [6.07, 6.45) is -3.41. The highest BCUT2D eigenvalue weighted by Crippen LogP contribution is 2.45. The average molecular weight is 550 g/mol. The number of para-hydroxylation sites is 1. The maximum atomic E-state index is 10.6. The van der Waals surface area contributed by atoms with Crippen LogP contribution in [0, 0.1) is 0 Å². The van der Waals surface area contributed by atoms with Gasteiger partial charge < -0.3 is 24.7 Å². The maximum absolute atomic E-state index is 10.6. The molecule has 1 spiro atoms.